The van der Waals surface area contributed by atoms with Crippen LogP contribution in [-0.4, -0.2) is 26.3 Å². The van der Waals surface area contributed by atoms with Gasteiger partial charge in [0, 0.05) is 5.56 Å². The molecule has 3 rings (SSSR count). The van der Waals surface area contributed by atoms with Crippen molar-refractivity contribution in [2.45, 2.75) is 20.3 Å². The maximum atomic E-state index is 12.4. The van der Waals surface area contributed by atoms with Crippen LogP contribution in [0.15, 0.2) is 69.3 Å². The molecule has 0 aliphatic heterocycles. The predicted molar refractivity (Wildman–Crippen MR) is 110 cm³/mol. The summed E-state index contributed by atoms with van der Waals surface area (Å²) in [6.07, 6.45) is 0.234. The predicted octanol–water partition coefficient (Wildman–Crippen LogP) is 2.08. The first-order valence-corrected chi connectivity index (χ1v) is 9.00. The fourth-order valence-corrected chi connectivity index (χ4v) is 2.91. The number of aromatic amines is 1. The normalized spacial score (nSPS) is 11.3. The highest BCUT2D eigenvalue weighted by Crippen LogP contribution is 2.20. The maximum absolute atomic E-state index is 12.4. The Kier molecular flexibility index (Phi) is 5.73. The quantitative estimate of drug-likeness (QED) is 0.455. The molecule has 0 spiro atoms. The third-order valence-corrected chi connectivity index (χ3v) is 4.39. The second kappa shape index (κ2) is 8.39. The molecule has 0 fully saturated rings. The number of hydrogen-bond acceptors (Lipinski definition) is 5. The van der Waals surface area contributed by atoms with Crippen LogP contribution in [0.4, 0.5) is 0 Å². The second-order valence-corrected chi connectivity index (χ2v) is 6.30. The van der Waals surface area contributed by atoms with Crippen LogP contribution >= 0.6 is 0 Å². The van der Waals surface area contributed by atoms with Crippen molar-refractivity contribution < 1.29 is 9.90 Å². The highest BCUT2D eigenvalue weighted by molar-refractivity contribution is 6.03. The summed E-state index contributed by atoms with van der Waals surface area (Å²) in [5.74, 6) is -0.998. The zero-order valence-corrected chi connectivity index (χ0v) is 16.0. The Bertz CT molecular complexity index is 1190. The molecule has 0 unspecified atom stereocenters. The average molecular weight is 392 g/mol. The van der Waals surface area contributed by atoms with Crippen LogP contribution in [0, 0.1) is 6.92 Å². The van der Waals surface area contributed by atoms with Crippen molar-refractivity contribution in [3.05, 3.63) is 92.1 Å². The van der Waals surface area contributed by atoms with Gasteiger partial charge in [0.25, 0.3) is 11.5 Å². The number of hydrogen-bond donors (Lipinski definition) is 3. The largest absolute Gasteiger partial charge is 0.493 e. The Labute approximate surface area is 166 Å². The molecule has 1 aromatic heterocycles. The molecule has 0 aliphatic carbocycles. The van der Waals surface area contributed by atoms with E-state index in [2.05, 4.69) is 15.5 Å². The zero-order chi connectivity index (χ0) is 21.0. The van der Waals surface area contributed by atoms with E-state index in [1.807, 2.05) is 0 Å². The highest BCUT2D eigenvalue weighted by atomic mass is 16.3. The van der Waals surface area contributed by atoms with E-state index in [0.717, 1.165) is 10.1 Å². The Morgan fingerprint density at radius 2 is 1.76 bits per heavy atom. The van der Waals surface area contributed by atoms with E-state index in [4.69, 9.17) is 0 Å². The summed E-state index contributed by atoms with van der Waals surface area (Å²) in [5.41, 5.74) is 2.35. The van der Waals surface area contributed by atoms with Crippen LogP contribution in [0.3, 0.4) is 0 Å². The van der Waals surface area contributed by atoms with Gasteiger partial charge in [-0.1, -0.05) is 43.3 Å². The minimum Gasteiger partial charge on any atom is -0.493 e. The molecule has 3 aromatic rings. The number of rotatable bonds is 5. The summed E-state index contributed by atoms with van der Waals surface area (Å²) in [4.78, 5) is 39.2. The summed E-state index contributed by atoms with van der Waals surface area (Å²) in [5, 5.41) is 14.8. The van der Waals surface area contributed by atoms with Crippen LogP contribution in [0.5, 0.6) is 5.88 Å². The van der Waals surface area contributed by atoms with Gasteiger partial charge >= 0.3 is 5.69 Å². The lowest BCUT2D eigenvalue weighted by Gasteiger charge is -2.14. The summed E-state index contributed by atoms with van der Waals surface area (Å²) in [7, 11) is 0. The van der Waals surface area contributed by atoms with Crippen molar-refractivity contribution in [1.29, 1.82) is 0 Å². The number of aryl methyl sites for hydroxylation is 1. The maximum Gasteiger partial charge on any atom is 0.335 e. The van der Waals surface area contributed by atoms with Crippen molar-refractivity contribution in [2.75, 3.05) is 0 Å². The topological polar surface area (TPSA) is 117 Å². The first kappa shape index (κ1) is 19.8. The van der Waals surface area contributed by atoms with Gasteiger partial charge in [-0.05, 0) is 37.1 Å². The average Bonchev–Trinajstić information content (AvgIpc) is 2.72. The van der Waals surface area contributed by atoms with Crippen LogP contribution in [0.2, 0.25) is 0 Å². The van der Waals surface area contributed by atoms with Gasteiger partial charge in [0.05, 0.1) is 11.4 Å². The number of amides is 1. The number of carbonyl (C=O) groups excluding carboxylic acids is 1. The summed E-state index contributed by atoms with van der Waals surface area (Å²) >= 11 is 0. The van der Waals surface area contributed by atoms with E-state index in [-0.39, 0.29) is 17.7 Å². The molecule has 1 heterocycles. The number of benzene rings is 2. The number of carbonyl (C=O) groups is 1. The third-order valence-electron chi connectivity index (χ3n) is 4.39. The van der Waals surface area contributed by atoms with Crippen molar-refractivity contribution in [2.24, 2.45) is 5.10 Å². The van der Waals surface area contributed by atoms with E-state index in [1.165, 1.54) is 0 Å². The van der Waals surface area contributed by atoms with Gasteiger partial charge in [-0.3, -0.25) is 14.6 Å². The molecule has 0 bridgehead atoms. The van der Waals surface area contributed by atoms with E-state index >= 15 is 0 Å². The van der Waals surface area contributed by atoms with E-state index in [0.29, 0.717) is 11.3 Å². The van der Waals surface area contributed by atoms with Gasteiger partial charge in [0.15, 0.2) is 0 Å². The molecule has 0 radical (unpaired) electrons. The monoisotopic (exact) mass is 392 g/mol. The molecule has 148 valence electrons. The Balaban J connectivity index is 2.08. The lowest BCUT2D eigenvalue weighted by Crippen LogP contribution is -2.34. The SMILES string of the molecule is CC/C(=N/NC(=O)c1ccccc1)c1c(O)n(-c2ccccc2C)c(=O)[nH]c1=O. The number of hydrazone groups is 1. The fourth-order valence-electron chi connectivity index (χ4n) is 2.91. The van der Waals surface area contributed by atoms with Gasteiger partial charge < -0.3 is 5.11 Å². The summed E-state index contributed by atoms with van der Waals surface area (Å²) < 4.78 is 1.01. The first-order valence-electron chi connectivity index (χ1n) is 9.00. The lowest BCUT2D eigenvalue weighted by molar-refractivity contribution is 0.0954. The molecule has 0 aliphatic rings. The highest BCUT2D eigenvalue weighted by Gasteiger charge is 2.20. The van der Waals surface area contributed by atoms with E-state index in [9.17, 15) is 19.5 Å². The summed E-state index contributed by atoms with van der Waals surface area (Å²) in [6.45, 7) is 3.50. The van der Waals surface area contributed by atoms with Crippen molar-refractivity contribution in [1.82, 2.24) is 15.0 Å². The van der Waals surface area contributed by atoms with Crippen LogP contribution < -0.4 is 16.7 Å². The molecule has 1 amide bonds. The van der Waals surface area contributed by atoms with Gasteiger partial charge in [0.2, 0.25) is 5.88 Å². The van der Waals surface area contributed by atoms with Crippen molar-refractivity contribution in [3.8, 4) is 11.6 Å². The summed E-state index contributed by atoms with van der Waals surface area (Å²) in [6, 6.07) is 15.4. The molecule has 8 heteroatoms. The smallest absolute Gasteiger partial charge is 0.335 e. The molecule has 0 atom stereocenters. The van der Waals surface area contributed by atoms with Gasteiger partial charge in [-0.2, -0.15) is 5.10 Å². The number of para-hydroxylation sites is 1. The minimum absolute atomic E-state index is 0.135. The fraction of sp³-hybridized carbons (Fsp3) is 0.143. The molecule has 3 N–H and O–H groups in total. The number of aromatic hydroxyl groups is 1. The number of H-pyrrole nitrogens is 1. The molecule has 8 nitrogen and oxygen atoms in total. The van der Waals surface area contributed by atoms with Gasteiger partial charge in [-0.15, -0.1) is 0 Å². The van der Waals surface area contributed by atoms with Gasteiger partial charge in [-0.25, -0.2) is 14.8 Å². The minimum atomic E-state index is -0.785. The van der Waals surface area contributed by atoms with E-state index in [1.54, 1.807) is 68.4 Å². The lowest BCUT2D eigenvalue weighted by atomic mass is 10.1. The molecule has 2 aromatic carbocycles. The zero-order valence-electron chi connectivity index (χ0n) is 16.0. The van der Waals surface area contributed by atoms with Crippen molar-refractivity contribution >= 4 is 11.6 Å². The van der Waals surface area contributed by atoms with E-state index < -0.39 is 23.0 Å². The van der Waals surface area contributed by atoms with Crippen LogP contribution in [0.1, 0.15) is 34.8 Å². The van der Waals surface area contributed by atoms with Crippen molar-refractivity contribution in [3.63, 3.8) is 0 Å². The molecular weight excluding hydrogens is 372 g/mol. The van der Waals surface area contributed by atoms with Gasteiger partial charge in [0.1, 0.15) is 5.56 Å². The third kappa shape index (κ3) is 4.01. The van der Waals surface area contributed by atoms with Crippen LogP contribution in [-0.2, 0) is 0 Å². The standard InChI is InChI=1S/C21H20N4O4/c1-3-15(23-24-18(26)14-10-5-4-6-11-14)17-19(27)22-21(29)25(20(17)28)16-12-8-7-9-13(16)2/h4-12,28H,3H2,1-2H3,(H,24,26)(H,22,27,29)/b23-15-. The number of nitrogens with one attached hydrogen (secondary N) is 2. The molecular formula is C21H20N4O4. The Morgan fingerprint density at radius 3 is 2.41 bits per heavy atom. The number of aromatic nitrogens is 2. The first-order chi connectivity index (χ1) is 13.9. The molecule has 29 heavy (non-hydrogen) atoms. The Morgan fingerprint density at radius 1 is 1.10 bits per heavy atom. The van der Waals surface area contributed by atoms with Crippen LogP contribution in [0.25, 0.3) is 5.69 Å². The second-order valence-electron chi connectivity index (χ2n) is 6.30. The molecule has 0 saturated heterocycles. The Hall–Kier alpha value is -3.94. The number of nitrogens with zero attached hydrogens (tertiary/aromatic N) is 2. The molecule has 0 saturated carbocycles.